The predicted octanol–water partition coefficient (Wildman–Crippen LogP) is 1.50. The fraction of sp³-hybridized carbons (Fsp3) is 1.00. The van der Waals surface area contributed by atoms with Gasteiger partial charge in [-0.1, -0.05) is 15.9 Å². The fourth-order valence-corrected chi connectivity index (χ4v) is 4.06. The molecule has 0 bridgehead atoms. The van der Waals surface area contributed by atoms with Crippen LogP contribution in [-0.4, -0.2) is 59.4 Å². The maximum atomic E-state index is 10.9. The molecule has 122 valence electrons. The Morgan fingerprint density at radius 2 is 1.30 bits per heavy atom. The fourth-order valence-electron chi connectivity index (χ4n) is 1.66. The molecule has 0 saturated carbocycles. The predicted molar refractivity (Wildman–Crippen MR) is 86.8 cm³/mol. The van der Waals surface area contributed by atoms with Crippen molar-refractivity contribution in [3.8, 4) is 0 Å². The zero-order valence-corrected chi connectivity index (χ0v) is 15.0. The Balaban J connectivity index is 3.65. The number of halogens is 1. The highest BCUT2D eigenvalue weighted by molar-refractivity contribution is 9.09. The maximum Gasteiger partial charge on any atom is 0.198 e. The molecule has 0 aromatic carbocycles. The summed E-state index contributed by atoms with van der Waals surface area (Å²) in [5.74, 6) is 0.361. The Morgan fingerprint density at radius 3 is 1.70 bits per heavy atom. The third kappa shape index (κ3) is 13.6. The van der Waals surface area contributed by atoms with Gasteiger partial charge >= 0.3 is 0 Å². The van der Waals surface area contributed by atoms with Crippen molar-refractivity contribution in [2.45, 2.75) is 56.8 Å². The molecule has 0 aromatic heterocycles. The minimum absolute atomic E-state index is 0.361. The molecule has 3 atom stereocenters. The Bertz CT molecular complexity index is 337. The van der Waals surface area contributed by atoms with Crippen LogP contribution in [-0.2, 0) is 8.87 Å². The summed E-state index contributed by atoms with van der Waals surface area (Å²) in [5, 5.41) is 29.7. The first-order valence-corrected chi connectivity index (χ1v) is 11.2. The molecule has 0 fully saturated rings. The van der Waals surface area contributed by atoms with Crippen molar-refractivity contribution in [2.75, 3.05) is 17.3 Å². The van der Waals surface area contributed by atoms with Gasteiger partial charge in [0.1, 0.15) is 0 Å². The van der Waals surface area contributed by atoms with Crippen molar-refractivity contribution >= 4 is 35.6 Å². The number of hydrogen-bond acceptors (Lipinski definition) is 6. The molecule has 0 spiro atoms. The molecule has 0 amide bonds. The molecule has 20 heavy (non-hydrogen) atoms. The van der Waals surface area contributed by atoms with Gasteiger partial charge in [-0.2, -0.15) is 0 Å². The Hall–Kier alpha value is 0.660. The summed E-state index contributed by atoms with van der Waals surface area (Å²) >= 11 is 3.24. The normalized spacial score (nSPS) is 16.9. The van der Waals surface area contributed by atoms with Crippen LogP contribution in [0.15, 0.2) is 0 Å². The molecule has 3 N–H and O–H groups in total. The zero-order valence-electron chi connectivity index (χ0n) is 11.7. The van der Waals surface area contributed by atoms with E-state index >= 15 is 0 Å². The van der Waals surface area contributed by atoms with E-state index in [0.29, 0.717) is 44.3 Å². The second-order valence-corrected chi connectivity index (χ2v) is 10.3. The summed E-state index contributed by atoms with van der Waals surface area (Å²) in [4.78, 5) is 0. The van der Waals surface area contributed by atoms with Crippen LogP contribution in [0.4, 0.5) is 0 Å². The molecule has 3 unspecified atom stereocenters. The van der Waals surface area contributed by atoms with Gasteiger partial charge in [0.15, 0.2) is 8.87 Å². The SMILES string of the molecule is CS(=O)(=O)SCCC(O)CCC(O)CCC(O)CCBr. The largest absolute Gasteiger partial charge is 0.393 e. The first-order valence-electron chi connectivity index (χ1n) is 6.69. The van der Waals surface area contributed by atoms with Crippen molar-refractivity contribution in [1.29, 1.82) is 0 Å². The van der Waals surface area contributed by atoms with Crippen LogP contribution in [0.25, 0.3) is 0 Å². The van der Waals surface area contributed by atoms with Gasteiger partial charge in [0.05, 0.1) is 18.3 Å². The van der Waals surface area contributed by atoms with Gasteiger partial charge in [-0.3, -0.25) is 0 Å². The third-order valence-corrected chi connectivity index (χ3v) is 5.93. The molecule has 0 saturated heterocycles. The average molecular weight is 393 g/mol. The maximum absolute atomic E-state index is 10.9. The summed E-state index contributed by atoms with van der Waals surface area (Å²) in [6.45, 7) is 0. The van der Waals surface area contributed by atoms with Gasteiger partial charge in [-0.05, 0) is 49.3 Å². The van der Waals surface area contributed by atoms with Crippen LogP contribution in [0.3, 0.4) is 0 Å². The van der Waals surface area contributed by atoms with E-state index in [9.17, 15) is 23.7 Å². The van der Waals surface area contributed by atoms with Crippen LogP contribution in [0.5, 0.6) is 0 Å². The van der Waals surface area contributed by atoms with E-state index in [0.717, 1.165) is 22.4 Å². The lowest BCUT2D eigenvalue weighted by Gasteiger charge is -2.15. The number of aliphatic hydroxyl groups is 3. The summed E-state index contributed by atoms with van der Waals surface area (Å²) < 4.78 is 21.8. The summed E-state index contributed by atoms with van der Waals surface area (Å²) in [6.07, 6.45) is 2.65. The third-order valence-electron chi connectivity index (χ3n) is 2.86. The smallest absolute Gasteiger partial charge is 0.198 e. The molecule has 8 heteroatoms. The topological polar surface area (TPSA) is 94.8 Å². The van der Waals surface area contributed by atoms with Gasteiger partial charge in [0.2, 0.25) is 0 Å². The minimum Gasteiger partial charge on any atom is -0.393 e. The van der Waals surface area contributed by atoms with E-state index in [1.165, 1.54) is 0 Å². The minimum atomic E-state index is -3.05. The molecular weight excluding hydrogens is 368 g/mol. The molecule has 0 aliphatic heterocycles. The summed E-state index contributed by atoms with van der Waals surface area (Å²) in [6, 6.07) is 0. The Labute approximate surface area is 133 Å². The summed E-state index contributed by atoms with van der Waals surface area (Å²) in [5.41, 5.74) is 0. The van der Waals surface area contributed by atoms with Crippen LogP contribution >= 0.6 is 26.7 Å². The van der Waals surface area contributed by atoms with E-state index < -0.39 is 27.2 Å². The lowest BCUT2D eigenvalue weighted by atomic mass is 10.0. The molecule has 5 nitrogen and oxygen atoms in total. The van der Waals surface area contributed by atoms with Crippen molar-refractivity contribution in [3.63, 3.8) is 0 Å². The van der Waals surface area contributed by atoms with Gasteiger partial charge in [-0.25, -0.2) is 8.42 Å². The lowest BCUT2D eigenvalue weighted by Crippen LogP contribution is -2.17. The van der Waals surface area contributed by atoms with Crippen LogP contribution in [0.2, 0.25) is 0 Å². The number of hydrogen-bond donors (Lipinski definition) is 3. The average Bonchev–Trinajstić information content (AvgIpc) is 2.32. The zero-order chi connectivity index (χ0) is 15.6. The molecule has 0 heterocycles. The van der Waals surface area contributed by atoms with Crippen LogP contribution in [0, 0.1) is 0 Å². The molecular formula is C12H25BrO5S2. The molecule has 0 aliphatic rings. The molecule has 0 radical (unpaired) electrons. The monoisotopic (exact) mass is 392 g/mol. The quantitative estimate of drug-likeness (QED) is 0.344. The first kappa shape index (κ1) is 20.7. The van der Waals surface area contributed by atoms with Crippen molar-refractivity contribution in [3.05, 3.63) is 0 Å². The second-order valence-electron chi connectivity index (χ2n) is 4.91. The second kappa shape index (κ2) is 11.3. The molecule has 0 aromatic rings. The van der Waals surface area contributed by atoms with Crippen molar-refractivity contribution < 1.29 is 23.7 Å². The van der Waals surface area contributed by atoms with E-state index in [1.54, 1.807) is 0 Å². The van der Waals surface area contributed by atoms with Gasteiger partial charge in [0.25, 0.3) is 0 Å². The van der Waals surface area contributed by atoms with E-state index in [1.807, 2.05) is 0 Å². The highest BCUT2D eigenvalue weighted by atomic mass is 79.9. The van der Waals surface area contributed by atoms with E-state index in [4.69, 9.17) is 0 Å². The highest BCUT2D eigenvalue weighted by Crippen LogP contribution is 2.16. The highest BCUT2D eigenvalue weighted by Gasteiger charge is 2.12. The molecule has 0 aliphatic carbocycles. The van der Waals surface area contributed by atoms with E-state index in [-0.39, 0.29) is 0 Å². The number of alkyl halides is 1. The number of aliphatic hydroxyl groups excluding tert-OH is 3. The Morgan fingerprint density at radius 1 is 0.900 bits per heavy atom. The Kier molecular flexibility index (Phi) is 11.6. The van der Waals surface area contributed by atoms with Crippen molar-refractivity contribution in [2.24, 2.45) is 0 Å². The van der Waals surface area contributed by atoms with Crippen LogP contribution in [0.1, 0.15) is 38.5 Å². The summed E-state index contributed by atoms with van der Waals surface area (Å²) in [7, 11) is -2.22. The first-order chi connectivity index (χ1) is 9.24. The standard InChI is InChI=1S/C12H25BrO5S2/c1-20(17,18)19-9-7-12(16)5-3-10(14)2-4-11(15)6-8-13/h10-12,14-16H,2-9H2,1H3. The number of rotatable bonds is 12. The van der Waals surface area contributed by atoms with E-state index in [2.05, 4.69) is 15.9 Å². The van der Waals surface area contributed by atoms with Gasteiger partial charge in [0, 0.05) is 17.3 Å². The van der Waals surface area contributed by atoms with Crippen molar-refractivity contribution in [1.82, 2.24) is 0 Å². The lowest BCUT2D eigenvalue weighted by molar-refractivity contribution is 0.0871. The molecule has 0 rings (SSSR count). The van der Waals surface area contributed by atoms with Gasteiger partial charge < -0.3 is 15.3 Å². The van der Waals surface area contributed by atoms with Gasteiger partial charge in [-0.15, -0.1) is 0 Å². The van der Waals surface area contributed by atoms with Crippen LogP contribution < -0.4 is 0 Å².